The number of nitrogens with zero attached hydrogens (tertiary/aromatic N) is 2. The lowest BCUT2D eigenvalue weighted by Crippen LogP contribution is -2.20. The Hall–Kier alpha value is -1.66. The van der Waals surface area contributed by atoms with Crippen LogP contribution in [-0.4, -0.2) is 9.97 Å². The molecule has 118 valence electrons. The molecule has 0 aliphatic carbocycles. The van der Waals surface area contributed by atoms with Crippen LogP contribution in [0.5, 0.6) is 0 Å². The van der Waals surface area contributed by atoms with Gasteiger partial charge in [-0.2, -0.15) is 13.2 Å². The smallest absolute Gasteiger partial charge is 0.305 e. The molecule has 0 radical (unpaired) electrons. The quantitative estimate of drug-likeness (QED) is 0.908. The van der Waals surface area contributed by atoms with Gasteiger partial charge in [-0.3, -0.25) is 9.97 Å². The molecular weight excluding hydrogens is 315 g/mol. The number of benzene rings is 1. The molecule has 3 nitrogen and oxygen atoms in total. The summed E-state index contributed by atoms with van der Waals surface area (Å²) in [6.07, 6.45) is -1.27. The number of aryl methyl sites for hydroxylation is 1. The normalized spacial score (nSPS) is 13.2. The number of hydrogen-bond donors (Lipinski definition) is 1. The molecule has 1 N–H and O–H groups in total. The van der Waals surface area contributed by atoms with Crippen molar-refractivity contribution in [3.63, 3.8) is 0 Å². The average Bonchev–Trinajstić information content (AvgIpc) is 2.45. The van der Waals surface area contributed by atoms with Crippen molar-refractivity contribution in [1.29, 1.82) is 0 Å². The third kappa shape index (κ3) is 3.96. The number of halogens is 4. The lowest BCUT2D eigenvalue weighted by Gasteiger charge is -2.16. The lowest BCUT2D eigenvalue weighted by molar-refractivity contribution is -0.137. The summed E-state index contributed by atoms with van der Waals surface area (Å²) >= 11 is 5.60. The van der Waals surface area contributed by atoms with E-state index >= 15 is 0 Å². The first kappa shape index (κ1) is 16.7. The Bertz CT molecular complexity index is 659. The molecule has 0 fully saturated rings. The van der Waals surface area contributed by atoms with Crippen molar-refractivity contribution >= 4 is 11.6 Å². The summed E-state index contributed by atoms with van der Waals surface area (Å²) in [6.45, 7) is 4.00. The van der Waals surface area contributed by atoms with Crippen molar-refractivity contribution < 1.29 is 13.2 Å². The van der Waals surface area contributed by atoms with E-state index in [-0.39, 0.29) is 17.6 Å². The van der Waals surface area contributed by atoms with Crippen molar-refractivity contribution in [3.8, 4) is 0 Å². The van der Waals surface area contributed by atoms with Gasteiger partial charge in [0.25, 0.3) is 0 Å². The molecule has 0 saturated carbocycles. The fourth-order valence-corrected chi connectivity index (χ4v) is 2.34. The predicted molar refractivity (Wildman–Crippen MR) is 78.5 cm³/mol. The molecule has 0 aliphatic rings. The van der Waals surface area contributed by atoms with Crippen LogP contribution in [0.2, 0.25) is 5.02 Å². The van der Waals surface area contributed by atoms with Gasteiger partial charge in [0, 0.05) is 25.0 Å². The summed E-state index contributed by atoms with van der Waals surface area (Å²) in [5.74, 6) is 0. The molecule has 1 aromatic heterocycles. The van der Waals surface area contributed by atoms with Gasteiger partial charge in [0.05, 0.1) is 22.0 Å². The highest BCUT2D eigenvalue weighted by Gasteiger charge is 2.33. The van der Waals surface area contributed by atoms with E-state index in [1.807, 2.05) is 13.8 Å². The Morgan fingerprint density at radius 3 is 2.55 bits per heavy atom. The molecule has 2 rings (SSSR count). The second kappa shape index (κ2) is 6.62. The highest BCUT2D eigenvalue weighted by Crippen LogP contribution is 2.35. The van der Waals surface area contributed by atoms with E-state index in [1.54, 1.807) is 18.5 Å². The van der Waals surface area contributed by atoms with Crippen LogP contribution < -0.4 is 5.32 Å². The SMILES string of the molecule is Cc1nccnc1C(C)NCc1ccc(Cl)c(C(F)(F)F)c1. The van der Waals surface area contributed by atoms with Gasteiger partial charge in [-0.15, -0.1) is 0 Å². The number of alkyl halides is 3. The van der Waals surface area contributed by atoms with Crippen LogP contribution in [0.1, 0.15) is 35.5 Å². The van der Waals surface area contributed by atoms with Crippen LogP contribution in [0, 0.1) is 6.92 Å². The molecule has 0 bridgehead atoms. The minimum absolute atomic E-state index is 0.126. The standard InChI is InChI=1S/C15H15ClF3N3/c1-9-14(21-6-5-20-9)10(2)22-8-11-3-4-13(16)12(7-11)15(17,18)19/h3-7,10,22H,8H2,1-2H3. The van der Waals surface area contributed by atoms with E-state index in [2.05, 4.69) is 15.3 Å². The van der Waals surface area contributed by atoms with Crippen molar-refractivity contribution in [2.75, 3.05) is 0 Å². The van der Waals surface area contributed by atoms with Gasteiger partial charge in [-0.1, -0.05) is 17.7 Å². The number of rotatable bonds is 4. The van der Waals surface area contributed by atoms with Gasteiger partial charge >= 0.3 is 6.18 Å². The third-order valence-electron chi connectivity index (χ3n) is 3.28. The third-order valence-corrected chi connectivity index (χ3v) is 3.61. The number of aromatic nitrogens is 2. The Morgan fingerprint density at radius 2 is 1.91 bits per heavy atom. The van der Waals surface area contributed by atoms with Crippen molar-refractivity contribution in [1.82, 2.24) is 15.3 Å². The molecule has 0 spiro atoms. The highest BCUT2D eigenvalue weighted by molar-refractivity contribution is 6.31. The molecule has 7 heteroatoms. The average molecular weight is 330 g/mol. The van der Waals surface area contributed by atoms with Gasteiger partial charge in [0.1, 0.15) is 0 Å². The van der Waals surface area contributed by atoms with Gasteiger partial charge in [-0.25, -0.2) is 0 Å². The molecule has 0 amide bonds. The van der Waals surface area contributed by atoms with E-state index in [4.69, 9.17) is 11.6 Å². The number of hydrogen-bond acceptors (Lipinski definition) is 3. The van der Waals surface area contributed by atoms with Crippen LogP contribution in [0.25, 0.3) is 0 Å². The molecular formula is C15H15ClF3N3. The fourth-order valence-electron chi connectivity index (χ4n) is 2.11. The fraction of sp³-hybridized carbons (Fsp3) is 0.333. The summed E-state index contributed by atoms with van der Waals surface area (Å²) in [6, 6.07) is 3.77. The van der Waals surface area contributed by atoms with E-state index in [1.165, 1.54) is 6.07 Å². The molecule has 1 unspecified atom stereocenters. The molecule has 22 heavy (non-hydrogen) atoms. The summed E-state index contributed by atoms with van der Waals surface area (Å²) in [7, 11) is 0. The molecule has 2 aromatic rings. The molecule has 1 heterocycles. The highest BCUT2D eigenvalue weighted by atomic mass is 35.5. The van der Waals surface area contributed by atoms with Crippen LogP contribution in [0.3, 0.4) is 0 Å². The van der Waals surface area contributed by atoms with Crippen LogP contribution in [0.15, 0.2) is 30.6 Å². The minimum atomic E-state index is -4.46. The topological polar surface area (TPSA) is 37.8 Å². The Balaban J connectivity index is 2.11. The zero-order valence-electron chi connectivity index (χ0n) is 12.1. The van der Waals surface area contributed by atoms with Crippen molar-refractivity contribution in [2.24, 2.45) is 0 Å². The monoisotopic (exact) mass is 329 g/mol. The van der Waals surface area contributed by atoms with Crippen molar-refractivity contribution in [3.05, 3.63) is 58.1 Å². The van der Waals surface area contributed by atoms with E-state index < -0.39 is 11.7 Å². The summed E-state index contributed by atoms with van der Waals surface area (Å²) in [4.78, 5) is 8.38. The van der Waals surface area contributed by atoms with Crippen LogP contribution in [0.4, 0.5) is 13.2 Å². The van der Waals surface area contributed by atoms with Crippen molar-refractivity contribution in [2.45, 2.75) is 32.6 Å². The molecule has 1 atom stereocenters. The van der Waals surface area contributed by atoms with Gasteiger partial charge in [0.15, 0.2) is 0 Å². The first-order valence-corrected chi connectivity index (χ1v) is 7.03. The maximum Gasteiger partial charge on any atom is 0.417 e. The lowest BCUT2D eigenvalue weighted by atomic mass is 10.1. The zero-order chi connectivity index (χ0) is 16.3. The molecule has 0 saturated heterocycles. The predicted octanol–water partition coefficient (Wildman–Crippen LogP) is 4.31. The van der Waals surface area contributed by atoms with Gasteiger partial charge in [0.2, 0.25) is 0 Å². The van der Waals surface area contributed by atoms with Gasteiger partial charge in [-0.05, 0) is 31.5 Å². The summed E-state index contributed by atoms with van der Waals surface area (Å²) in [5.41, 5.74) is 1.24. The summed E-state index contributed by atoms with van der Waals surface area (Å²) < 4.78 is 38.5. The van der Waals surface area contributed by atoms with E-state index in [9.17, 15) is 13.2 Å². The number of nitrogens with one attached hydrogen (secondary N) is 1. The van der Waals surface area contributed by atoms with E-state index in [0.717, 1.165) is 17.5 Å². The van der Waals surface area contributed by atoms with Gasteiger partial charge < -0.3 is 5.32 Å². The first-order chi connectivity index (χ1) is 10.3. The van der Waals surface area contributed by atoms with Crippen LogP contribution >= 0.6 is 11.6 Å². The maximum absolute atomic E-state index is 12.8. The van der Waals surface area contributed by atoms with Crippen LogP contribution in [-0.2, 0) is 12.7 Å². The minimum Gasteiger partial charge on any atom is -0.305 e. The summed E-state index contributed by atoms with van der Waals surface area (Å²) in [5, 5.41) is 2.84. The Morgan fingerprint density at radius 1 is 1.23 bits per heavy atom. The zero-order valence-corrected chi connectivity index (χ0v) is 12.8. The second-order valence-electron chi connectivity index (χ2n) is 4.94. The second-order valence-corrected chi connectivity index (χ2v) is 5.35. The Kier molecular flexibility index (Phi) is 5.03. The molecule has 0 aliphatic heterocycles. The maximum atomic E-state index is 12.8. The largest absolute Gasteiger partial charge is 0.417 e. The Labute approximate surface area is 131 Å². The van der Waals surface area contributed by atoms with E-state index in [0.29, 0.717) is 5.56 Å². The first-order valence-electron chi connectivity index (χ1n) is 6.65. The molecule has 1 aromatic carbocycles.